The third-order valence-electron chi connectivity index (χ3n) is 2.44. The smallest absolute Gasteiger partial charge is 0.342 e. The molecule has 6 nitrogen and oxygen atoms in total. The average molecular weight is 254 g/mol. The molecule has 1 N–H and O–H groups in total. The molecule has 1 rings (SSSR count). The van der Waals surface area contributed by atoms with E-state index in [9.17, 15) is 14.7 Å². The lowest BCUT2D eigenvalue weighted by molar-refractivity contribution is 0.0596. The molecule has 0 atom stereocenters. The lowest BCUT2D eigenvalue weighted by Crippen LogP contribution is -2.11. The highest BCUT2D eigenvalue weighted by Crippen LogP contribution is 2.28. The number of carbonyl (C=O) groups is 1. The fraction of sp³-hybridized carbons (Fsp3) is 0.333. The van der Waals surface area contributed by atoms with Crippen LogP contribution >= 0.6 is 0 Å². The molecule has 1 aromatic rings. The summed E-state index contributed by atoms with van der Waals surface area (Å²) in [5.41, 5.74) is -0.473. The fourth-order valence-electron chi connectivity index (χ4n) is 1.56. The topological polar surface area (TPSA) is 82.1 Å². The van der Waals surface area contributed by atoms with Gasteiger partial charge in [0.1, 0.15) is 5.56 Å². The fourth-order valence-corrected chi connectivity index (χ4v) is 1.56. The molecule has 0 saturated carbocycles. The number of hydrogen-bond donors (Lipinski definition) is 1. The van der Waals surface area contributed by atoms with Crippen LogP contribution in [0.15, 0.2) is 10.9 Å². The first kappa shape index (κ1) is 13.8. The second-order valence-corrected chi connectivity index (χ2v) is 3.47. The maximum Gasteiger partial charge on any atom is 0.342 e. The van der Waals surface area contributed by atoms with Crippen molar-refractivity contribution >= 4 is 5.97 Å². The van der Waals surface area contributed by atoms with Gasteiger partial charge in [-0.1, -0.05) is 0 Å². The summed E-state index contributed by atoms with van der Waals surface area (Å²) in [7, 11) is 3.72. The van der Waals surface area contributed by atoms with Gasteiger partial charge < -0.3 is 19.3 Å². The summed E-state index contributed by atoms with van der Waals surface area (Å²) in [5, 5.41) is 9.70. The van der Waals surface area contributed by atoms with Crippen LogP contribution in [-0.2, 0) is 4.74 Å². The van der Waals surface area contributed by atoms with Gasteiger partial charge in [-0.15, -0.1) is 0 Å². The number of aryl methyl sites for hydroxylation is 1. The first-order chi connectivity index (χ1) is 8.47. The van der Waals surface area contributed by atoms with Gasteiger partial charge in [0.15, 0.2) is 11.5 Å². The van der Waals surface area contributed by atoms with Gasteiger partial charge in [-0.25, -0.2) is 4.79 Å². The Kier molecular flexibility index (Phi) is 4.14. The molecule has 6 heteroatoms. The number of esters is 1. The second kappa shape index (κ2) is 5.39. The lowest BCUT2D eigenvalue weighted by Gasteiger charge is -2.04. The Bertz CT molecular complexity index is 535. The quantitative estimate of drug-likeness (QED) is 0.806. The summed E-state index contributed by atoms with van der Waals surface area (Å²) in [6.07, 6.45) is 0. The van der Waals surface area contributed by atoms with E-state index < -0.39 is 17.1 Å². The van der Waals surface area contributed by atoms with Crippen LogP contribution in [0.4, 0.5) is 0 Å². The average Bonchev–Trinajstić information content (AvgIpc) is 2.46. The van der Waals surface area contributed by atoms with Crippen LogP contribution in [0.25, 0.3) is 0 Å². The van der Waals surface area contributed by atoms with E-state index >= 15 is 0 Å². The summed E-state index contributed by atoms with van der Waals surface area (Å²) in [6.45, 7) is 1.58. The Morgan fingerprint density at radius 1 is 1.22 bits per heavy atom. The number of carbonyl (C=O) groups excluding carboxylic acids is 1. The Morgan fingerprint density at radius 2 is 1.83 bits per heavy atom. The van der Waals surface area contributed by atoms with Crippen molar-refractivity contribution in [3.8, 4) is 17.2 Å². The van der Waals surface area contributed by atoms with Gasteiger partial charge in [-0.2, -0.15) is 0 Å². The van der Waals surface area contributed by atoms with Crippen molar-refractivity contribution in [2.24, 2.45) is 0 Å². The van der Waals surface area contributed by atoms with Crippen LogP contribution in [0.2, 0.25) is 0 Å². The SMILES string of the molecule is COC(=O)c1c(C)cc(OC)c(O)c(=O)c1OC. The third kappa shape index (κ3) is 2.22. The highest BCUT2D eigenvalue weighted by Gasteiger charge is 2.22. The minimum atomic E-state index is -0.831. The van der Waals surface area contributed by atoms with Gasteiger partial charge in [-0.3, -0.25) is 4.79 Å². The van der Waals surface area contributed by atoms with Crippen molar-refractivity contribution in [1.29, 1.82) is 0 Å². The first-order valence-corrected chi connectivity index (χ1v) is 5.05. The van der Waals surface area contributed by atoms with E-state index in [1.807, 2.05) is 0 Å². The van der Waals surface area contributed by atoms with Crippen LogP contribution in [0.3, 0.4) is 0 Å². The maximum absolute atomic E-state index is 11.9. The number of ether oxygens (including phenoxy) is 3. The summed E-state index contributed by atoms with van der Waals surface area (Å²) in [5.74, 6) is -1.65. The van der Waals surface area contributed by atoms with Gasteiger partial charge in [0.05, 0.1) is 21.3 Å². The zero-order valence-corrected chi connectivity index (χ0v) is 10.6. The van der Waals surface area contributed by atoms with Crippen LogP contribution in [0.1, 0.15) is 15.9 Å². The molecule has 0 aliphatic rings. The molecule has 0 unspecified atom stereocenters. The summed E-state index contributed by atoms with van der Waals surface area (Å²) in [4.78, 5) is 23.6. The Balaban J connectivity index is 3.83. The Labute approximate surface area is 104 Å². The molecule has 18 heavy (non-hydrogen) atoms. The number of methoxy groups -OCH3 is 3. The van der Waals surface area contributed by atoms with Crippen molar-refractivity contribution in [2.45, 2.75) is 6.92 Å². The molecule has 1 aromatic carbocycles. The molecule has 0 aromatic heterocycles. The summed E-state index contributed by atoms with van der Waals surface area (Å²) >= 11 is 0. The van der Waals surface area contributed by atoms with Gasteiger partial charge in [0, 0.05) is 0 Å². The molecule has 0 amide bonds. The molecule has 0 saturated heterocycles. The number of aromatic hydroxyl groups is 1. The molecule has 0 fully saturated rings. The second-order valence-electron chi connectivity index (χ2n) is 3.47. The van der Waals surface area contributed by atoms with E-state index in [1.54, 1.807) is 6.92 Å². The largest absolute Gasteiger partial charge is 0.501 e. The van der Waals surface area contributed by atoms with Crippen LogP contribution in [0, 0.1) is 6.92 Å². The van der Waals surface area contributed by atoms with Crippen LogP contribution < -0.4 is 14.9 Å². The van der Waals surface area contributed by atoms with Crippen LogP contribution in [0.5, 0.6) is 17.2 Å². The first-order valence-electron chi connectivity index (χ1n) is 5.05. The van der Waals surface area contributed by atoms with Gasteiger partial charge in [0.25, 0.3) is 5.43 Å². The predicted molar refractivity (Wildman–Crippen MR) is 63.6 cm³/mol. The van der Waals surface area contributed by atoms with Crippen molar-refractivity contribution in [1.82, 2.24) is 0 Å². The van der Waals surface area contributed by atoms with Crippen molar-refractivity contribution in [3.05, 3.63) is 27.4 Å². The van der Waals surface area contributed by atoms with E-state index in [0.717, 1.165) is 0 Å². The maximum atomic E-state index is 11.9. The van der Waals surface area contributed by atoms with Crippen molar-refractivity contribution in [3.63, 3.8) is 0 Å². The van der Waals surface area contributed by atoms with Crippen molar-refractivity contribution in [2.75, 3.05) is 21.3 Å². The van der Waals surface area contributed by atoms with Gasteiger partial charge in [0.2, 0.25) is 5.75 Å². The van der Waals surface area contributed by atoms with E-state index in [2.05, 4.69) is 4.74 Å². The minimum Gasteiger partial charge on any atom is -0.501 e. The Hall–Kier alpha value is -2.24. The number of hydrogen-bond acceptors (Lipinski definition) is 6. The zero-order chi connectivity index (χ0) is 13.9. The standard InChI is InChI=1S/C12H14O6/c1-6-5-7(16-2)9(13)10(14)11(17-3)8(6)12(15)18-4/h5H,1-4H3,(H,13,14). The number of rotatable bonds is 3. The molecule has 98 valence electrons. The van der Waals surface area contributed by atoms with E-state index in [1.165, 1.54) is 27.4 Å². The molecule has 0 radical (unpaired) electrons. The normalized spacial score (nSPS) is 9.78. The molecule has 0 aliphatic carbocycles. The molecule has 0 aliphatic heterocycles. The van der Waals surface area contributed by atoms with Gasteiger partial charge >= 0.3 is 5.97 Å². The molecule has 0 spiro atoms. The van der Waals surface area contributed by atoms with Crippen molar-refractivity contribution < 1.29 is 24.1 Å². The Morgan fingerprint density at radius 3 is 2.28 bits per heavy atom. The highest BCUT2D eigenvalue weighted by atomic mass is 16.5. The van der Waals surface area contributed by atoms with E-state index in [4.69, 9.17) is 9.47 Å². The lowest BCUT2D eigenvalue weighted by atomic mass is 10.1. The predicted octanol–water partition coefficient (Wildman–Crippen LogP) is 0.865. The molecular weight excluding hydrogens is 240 g/mol. The van der Waals surface area contributed by atoms with E-state index in [-0.39, 0.29) is 17.1 Å². The van der Waals surface area contributed by atoms with E-state index in [0.29, 0.717) is 5.56 Å². The summed E-state index contributed by atoms with van der Waals surface area (Å²) in [6, 6.07) is 1.37. The molecular formula is C12H14O6. The zero-order valence-electron chi connectivity index (χ0n) is 10.6. The molecule has 0 bridgehead atoms. The monoisotopic (exact) mass is 254 g/mol. The van der Waals surface area contributed by atoms with Gasteiger partial charge in [-0.05, 0) is 18.6 Å². The third-order valence-corrected chi connectivity index (χ3v) is 2.44. The van der Waals surface area contributed by atoms with Crippen LogP contribution in [-0.4, -0.2) is 32.4 Å². The molecule has 0 heterocycles. The summed E-state index contributed by atoms with van der Waals surface area (Å²) < 4.78 is 14.4. The highest BCUT2D eigenvalue weighted by molar-refractivity contribution is 5.94. The minimum absolute atomic E-state index is 0.0362.